The molecule has 3 rings (SSSR count). The van der Waals surface area contributed by atoms with Crippen LogP contribution in [0.3, 0.4) is 0 Å². The van der Waals surface area contributed by atoms with Gasteiger partial charge in [-0.25, -0.2) is 13.2 Å². The number of carbonyl (C=O) groups is 1. The van der Waals surface area contributed by atoms with Crippen molar-refractivity contribution < 1.29 is 18.0 Å². The number of nitrogens with one attached hydrogen (secondary N) is 1. The van der Waals surface area contributed by atoms with Crippen LogP contribution < -0.4 is 5.32 Å². The van der Waals surface area contributed by atoms with Crippen LogP contribution in [0.2, 0.25) is 0 Å². The molecule has 2 aromatic carbocycles. The Bertz CT molecular complexity index is 1110. The highest BCUT2D eigenvalue weighted by molar-refractivity contribution is 8.00. The quantitative estimate of drug-likeness (QED) is 0.352. The summed E-state index contributed by atoms with van der Waals surface area (Å²) < 4.78 is 42.6. The molecule has 2 atom stereocenters. The summed E-state index contributed by atoms with van der Waals surface area (Å²) in [4.78, 5) is 14.7. The van der Waals surface area contributed by atoms with Crippen molar-refractivity contribution in [1.29, 1.82) is 0 Å². The van der Waals surface area contributed by atoms with Crippen molar-refractivity contribution in [3.05, 3.63) is 71.3 Å². The molecule has 3 aromatic rings. The molecule has 1 amide bonds. The molecule has 0 spiro atoms. The van der Waals surface area contributed by atoms with E-state index in [1.54, 1.807) is 6.92 Å². The number of hydrogen-bond acceptors (Lipinski definition) is 5. The lowest BCUT2D eigenvalue weighted by Crippen LogP contribution is -2.25. The van der Waals surface area contributed by atoms with E-state index in [0.29, 0.717) is 11.7 Å². The fourth-order valence-electron chi connectivity index (χ4n) is 3.40. The Kier molecular flexibility index (Phi) is 8.15. The number of anilines is 1. The summed E-state index contributed by atoms with van der Waals surface area (Å²) in [5.41, 5.74) is 0.631. The van der Waals surface area contributed by atoms with E-state index in [4.69, 9.17) is 0 Å². The van der Waals surface area contributed by atoms with Crippen LogP contribution in [0.1, 0.15) is 37.7 Å². The second kappa shape index (κ2) is 10.8. The highest BCUT2D eigenvalue weighted by atomic mass is 32.2. The Morgan fingerprint density at radius 3 is 2.42 bits per heavy atom. The molecule has 0 aliphatic heterocycles. The van der Waals surface area contributed by atoms with Gasteiger partial charge in [0.05, 0.1) is 23.5 Å². The van der Waals surface area contributed by atoms with Gasteiger partial charge in [-0.2, -0.15) is 0 Å². The third-order valence-corrected chi connectivity index (χ3v) is 6.26. The minimum Gasteiger partial charge on any atom is -0.323 e. The van der Waals surface area contributed by atoms with Crippen LogP contribution in [0, 0.1) is 17.5 Å². The van der Waals surface area contributed by atoms with Crippen molar-refractivity contribution in [3.63, 3.8) is 0 Å². The summed E-state index contributed by atoms with van der Waals surface area (Å²) in [6, 6.07) is 11.6. The molecule has 0 aliphatic carbocycles. The maximum absolute atomic E-state index is 14.0. The Hall–Kier alpha value is -2.85. The normalized spacial score (nSPS) is 13.2. The van der Waals surface area contributed by atoms with Crippen molar-refractivity contribution in [2.45, 2.75) is 43.3 Å². The number of hydrogen-bond donors (Lipinski definition) is 1. The summed E-state index contributed by atoms with van der Waals surface area (Å²) in [7, 11) is 3.93. The van der Waals surface area contributed by atoms with Gasteiger partial charge in [-0.1, -0.05) is 49.0 Å². The minimum absolute atomic E-state index is 0.0241. The topological polar surface area (TPSA) is 63.1 Å². The molecule has 33 heavy (non-hydrogen) atoms. The molecule has 0 saturated carbocycles. The van der Waals surface area contributed by atoms with Gasteiger partial charge in [0.15, 0.2) is 28.4 Å². The molecule has 1 aromatic heterocycles. The predicted molar refractivity (Wildman–Crippen MR) is 123 cm³/mol. The molecule has 10 heteroatoms. The third kappa shape index (κ3) is 5.75. The second-order valence-corrected chi connectivity index (χ2v) is 9.08. The van der Waals surface area contributed by atoms with E-state index in [9.17, 15) is 18.0 Å². The van der Waals surface area contributed by atoms with Gasteiger partial charge >= 0.3 is 0 Å². The lowest BCUT2D eigenvalue weighted by molar-refractivity contribution is -0.115. The van der Waals surface area contributed by atoms with Gasteiger partial charge < -0.3 is 9.88 Å². The number of amides is 1. The van der Waals surface area contributed by atoms with Gasteiger partial charge in [0.25, 0.3) is 0 Å². The first kappa shape index (κ1) is 24.8. The Balaban J connectivity index is 1.85. The van der Waals surface area contributed by atoms with E-state index in [0.717, 1.165) is 41.7 Å². The fraction of sp³-hybridized carbons (Fsp3) is 0.348. The fourth-order valence-corrected chi connectivity index (χ4v) is 4.25. The van der Waals surface area contributed by atoms with Gasteiger partial charge in [0, 0.05) is 0 Å². The van der Waals surface area contributed by atoms with Gasteiger partial charge in [-0.3, -0.25) is 9.69 Å². The highest BCUT2D eigenvalue weighted by Crippen LogP contribution is 2.29. The summed E-state index contributed by atoms with van der Waals surface area (Å²) in [6.45, 7) is 4.20. The molecule has 0 radical (unpaired) electrons. The summed E-state index contributed by atoms with van der Waals surface area (Å²) in [5, 5.41) is 10.9. The first-order valence-electron chi connectivity index (χ1n) is 10.5. The Labute approximate surface area is 195 Å². The molecule has 0 bridgehead atoms. The average molecular weight is 478 g/mol. The molecule has 0 saturated heterocycles. The van der Waals surface area contributed by atoms with Crippen LogP contribution in [0.15, 0.2) is 47.6 Å². The van der Waals surface area contributed by atoms with E-state index in [1.807, 2.05) is 49.0 Å². The molecular formula is C23H26F3N5OS. The number of halogens is 3. The van der Waals surface area contributed by atoms with E-state index >= 15 is 0 Å². The maximum atomic E-state index is 14.0. The van der Waals surface area contributed by atoms with E-state index < -0.39 is 34.3 Å². The van der Waals surface area contributed by atoms with Crippen LogP contribution in [0.25, 0.3) is 0 Å². The Morgan fingerprint density at radius 2 is 1.79 bits per heavy atom. The van der Waals surface area contributed by atoms with Gasteiger partial charge in [-0.05, 0) is 45.1 Å². The first-order valence-corrected chi connectivity index (χ1v) is 11.3. The van der Waals surface area contributed by atoms with Crippen LogP contribution in [-0.2, 0) is 11.3 Å². The second-order valence-electron chi connectivity index (χ2n) is 7.77. The minimum atomic E-state index is -1.63. The van der Waals surface area contributed by atoms with Crippen molar-refractivity contribution in [2.75, 3.05) is 19.4 Å². The molecular weight excluding hydrogens is 451 g/mol. The van der Waals surface area contributed by atoms with Crippen LogP contribution in [-0.4, -0.2) is 44.9 Å². The number of aromatic nitrogens is 3. The lowest BCUT2D eigenvalue weighted by atomic mass is 10.2. The van der Waals surface area contributed by atoms with Crippen LogP contribution >= 0.6 is 11.8 Å². The number of carbonyl (C=O) groups excluding carboxylic acids is 1. The zero-order valence-electron chi connectivity index (χ0n) is 18.8. The largest absolute Gasteiger partial charge is 0.323 e. The number of benzene rings is 2. The molecule has 176 valence electrons. The summed E-state index contributed by atoms with van der Waals surface area (Å²) in [5.74, 6) is -4.18. The maximum Gasteiger partial charge on any atom is 0.237 e. The molecule has 1 heterocycles. The van der Waals surface area contributed by atoms with Crippen LogP contribution in [0.4, 0.5) is 18.9 Å². The molecule has 6 nitrogen and oxygen atoms in total. The third-order valence-electron chi connectivity index (χ3n) is 5.18. The molecule has 0 fully saturated rings. The van der Waals surface area contributed by atoms with Gasteiger partial charge in [-0.15, -0.1) is 10.2 Å². The standard InChI is InChI=1S/C23H26F3N5OS/c1-5-18(30(3)4)21-28-29-23(31(21)13-15-9-7-6-8-10-15)33-14(2)22(32)27-17-12-11-16(24)19(25)20(17)26/h6-12,14,18H,5,13H2,1-4H3,(H,27,32). The number of thioether (sulfide) groups is 1. The van der Waals surface area contributed by atoms with Crippen molar-refractivity contribution in [2.24, 2.45) is 0 Å². The average Bonchev–Trinajstić information content (AvgIpc) is 3.16. The summed E-state index contributed by atoms with van der Waals surface area (Å²) in [6.07, 6.45) is 0.816. The van der Waals surface area contributed by atoms with Crippen molar-refractivity contribution >= 4 is 23.4 Å². The Morgan fingerprint density at radius 1 is 1.09 bits per heavy atom. The zero-order valence-corrected chi connectivity index (χ0v) is 19.7. The van der Waals surface area contributed by atoms with E-state index in [2.05, 4.69) is 27.3 Å². The lowest BCUT2D eigenvalue weighted by Gasteiger charge is -2.23. The monoisotopic (exact) mass is 477 g/mol. The number of nitrogens with zero attached hydrogens (tertiary/aromatic N) is 4. The molecule has 1 N–H and O–H groups in total. The van der Waals surface area contributed by atoms with Crippen molar-refractivity contribution in [3.8, 4) is 0 Å². The SMILES string of the molecule is CCC(c1nnc(SC(C)C(=O)Nc2ccc(F)c(F)c2F)n1Cc1ccccc1)N(C)C. The summed E-state index contributed by atoms with van der Waals surface area (Å²) >= 11 is 1.16. The van der Waals surface area contributed by atoms with E-state index in [1.165, 1.54) is 0 Å². The predicted octanol–water partition coefficient (Wildman–Crippen LogP) is 4.88. The first-order chi connectivity index (χ1) is 15.7. The van der Waals surface area contributed by atoms with Crippen LogP contribution in [0.5, 0.6) is 0 Å². The van der Waals surface area contributed by atoms with Crippen molar-refractivity contribution in [1.82, 2.24) is 19.7 Å². The van der Waals surface area contributed by atoms with Gasteiger partial charge in [0.1, 0.15) is 0 Å². The van der Waals surface area contributed by atoms with Gasteiger partial charge in [0.2, 0.25) is 5.91 Å². The molecule has 2 unspecified atom stereocenters. The van der Waals surface area contributed by atoms with E-state index in [-0.39, 0.29) is 6.04 Å². The smallest absolute Gasteiger partial charge is 0.237 e. The number of rotatable bonds is 9. The zero-order chi connectivity index (χ0) is 24.1. The molecule has 0 aliphatic rings. The highest BCUT2D eigenvalue weighted by Gasteiger charge is 2.26.